The summed E-state index contributed by atoms with van der Waals surface area (Å²) in [6.07, 6.45) is 1.64. The number of amides is 1. The predicted molar refractivity (Wildman–Crippen MR) is 67.5 cm³/mol. The monoisotopic (exact) mass is 303 g/mol. The second kappa shape index (κ2) is 5.29. The molecule has 1 atom stereocenters. The summed E-state index contributed by atoms with van der Waals surface area (Å²) in [7, 11) is 1.83. The van der Waals surface area contributed by atoms with Crippen LogP contribution in [0, 0.1) is 0 Å². The van der Waals surface area contributed by atoms with Gasteiger partial charge in [-0.05, 0) is 45.8 Å². The summed E-state index contributed by atoms with van der Waals surface area (Å²) in [4.78, 5) is 13.7. The van der Waals surface area contributed by atoms with Gasteiger partial charge in [-0.2, -0.15) is 0 Å². The topological polar surface area (TPSA) is 29.5 Å². The van der Waals surface area contributed by atoms with Crippen molar-refractivity contribution < 1.29 is 9.53 Å². The lowest BCUT2D eigenvalue weighted by Crippen LogP contribution is -2.35. The first-order valence-electron chi connectivity index (χ1n) is 5.26. The van der Waals surface area contributed by atoms with Crippen molar-refractivity contribution >= 4 is 33.2 Å². The van der Waals surface area contributed by atoms with Crippen molar-refractivity contribution in [3.63, 3.8) is 0 Å². The molecule has 1 aliphatic heterocycles. The number of hydrogen-bond donors (Lipinski definition) is 0. The molecule has 1 amide bonds. The molecule has 0 N–H and O–H groups in total. The molecule has 0 aliphatic carbocycles. The fourth-order valence-corrected chi connectivity index (χ4v) is 3.00. The molecule has 0 spiro atoms. The lowest BCUT2D eigenvalue weighted by Gasteiger charge is -2.19. The molecule has 16 heavy (non-hydrogen) atoms. The van der Waals surface area contributed by atoms with Crippen molar-refractivity contribution in [2.45, 2.75) is 25.5 Å². The van der Waals surface area contributed by atoms with E-state index in [9.17, 15) is 4.79 Å². The van der Waals surface area contributed by atoms with Gasteiger partial charge >= 0.3 is 0 Å². The van der Waals surface area contributed by atoms with E-state index in [0.717, 1.165) is 22.2 Å². The highest BCUT2D eigenvalue weighted by molar-refractivity contribution is 9.11. The average molecular weight is 304 g/mol. The van der Waals surface area contributed by atoms with Crippen molar-refractivity contribution in [1.29, 1.82) is 0 Å². The number of carbonyl (C=O) groups excluding carboxylic acids is 1. The highest BCUT2D eigenvalue weighted by Gasteiger charge is 2.26. The average Bonchev–Trinajstić information content (AvgIpc) is 2.88. The maximum atomic E-state index is 11.9. The van der Waals surface area contributed by atoms with Gasteiger partial charge in [0.15, 0.2) is 0 Å². The second-order valence-electron chi connectivity index (χ2n) is 3.96. The van der Waals surface area contributed by atoms with Crippen LogP contribution < -0.4 is 0 Å². The zero-order valence-corrected chi connectivity index (χ0v) is 11.5. The third kappa shape index (κ3) is 2.84. The normalized spacial score (nSPS) is 20.0. The number of hydrogen-bond acceptors (Lipinski definition) is 3. The Labute approximate surface area is 108 Å². The summed E-state index contributed by atoms with van der Waals surface area (Å²) in [6.45, 7) is 1.37. The Hall–Kier alpha value is -0.390. The van der Waals surface area contributed by atoms with Gasteiger partial charge in [0.2, 0.25) is 0 Å². The molecule has 5 heteroatoms. The van der Waals surface area contributed by atoms with Gasteiger partial charge in [-0.3, -0.25) is 4.79 Å². The summed E-state index contributed by atoms with van der Waals surface area (Å²) < 4.78 is 6.48. The zero-order chi connectivity index (χ0) is 11.5. The summed E-state index contributed by atoms with van der Waals surface area (Å²) in [6, 6.07) is 2.05. The minimum absolute atomic E-state index is 0.0971. The lowest BCUT2D eigenvalue weighted by atomic mass is 10.2. The molecule has 1 unspecified atom stereocenters. The first kappa shape index (κ1) is 12.1. The Morgan fingerprint density at radius 2 is 2.56 bits per heavy atom. The first-order chi connectivity index (χ1) is 7.66. The third-order valence-corrected chi connectivity index (χ3v) is 4.18. The SMILES string of the molecule is CN(Cc1csc(Br)c1)C(=O)C1CCCO1. The van der Waals surface area contributed by atoms with Crippen LogP contribution in [-0.2, 0) is 16.1 Å². The smallest absolute Gasteiger partial charge is 0.251 e. The predicted octanol–water partition coefficient (Wildman–Crippen LogP) is 2.65. The molecule has 2 rings (SSSR count). The van der Waals surface area contributed by atoms with Gasteiger partial charge < -0.3 is 9.64 Å². The van der Waals surface area contributed by atoms with E-state index in [0.29, 0.717) is 13.2 Å². The Balaban J connectivity index is 1.91. The Morgan fingerprint density at radius 3 is 3.12 bits per heavy atom. The van der Waals surface area contributed by atoms with Crippen LogP contribution in [0.4, 0.5) is 0 Å². The molecule has 0 aromatic carbocycles. The van der Waals surface area contributed by atoms with Crippen LogP contribution in [0.1, 0.15) is 18.4 Å². The molecular weight excluding hydrogens is 290 g/mol. The lowest BCUT2D eigenvalue weighted by molar-refractivity contribution is -0.140. The number of halogens is 1. The van der Waals surface area contributed by atoms with Gasteiger partial charge in [-0.15, -0.1) is 11.3 Å². The van der Waals surface area contributed by atoms with E-state index in [4.69, 9.17) is 4.74 Å². The van der Waals surface area contributed by atoms with Gasteiger partial charge in [0, 0.05) is 20.2 Å². The Morgan fingerprint density at radius 1 is 1.75 bits per heavy atom. The van der Waals surface area contributed by atoms with E-state index in [-0.39, 0.29) is 12.0 Å². The van der Waals surface area contributed by atoms with Gasteiger partial charge in [0.25, 0.3) is 5.91 Å². The molecule has 2 heterocycles. The van der Waals surface area contributed by atoms with Crippen LogP contribution in [0.5, 0.6) is 0 Å². The van der Waals surface area contributed by atoms with E-state index in [1.165, 1.54) is 0 Å². The summed E-state index contributed by atoms with van der Waals surface area (Å²) in [5.74, 6) is 0.0971. The minimum Gasteiger partial charge on any atom is -0.368 e. The molecule has 1 fully saturated rings. The Bertz CT molecular complexity index is 374. The summed E-state index contributed by atoms with van der Waals surface area (Å²) >= 11 is 5.05. The summed E-state index contributed by atoms with van der Waals surface area (Å²) in [5.41, 5.74) is 1.16. The maximum Gasteiger partial charge on any atom is 0.251 e. The van der Waals surface area contributed by atoms with Crippen molar-refractivity contribution in [1.82, 2.24) is 4.90 Å². The maximum absolute atomic E-state index is 11.9. The third-order valence-electron chi connectivity index (χ3n) is 2.62. The molecule has 3 nitrogen and oxygen atoms in total. The van der Waals surface area contributed by atoms with E-state index >= 15 is 0 Å². The standard InChI is InChI=1S/C11H14BrNO2S/c1-13(6-8-5-10(12)16-7-8)11(14)9-3-2-4-15-9/h5,7,9H,2-4,6H2,1H3. The van der Waals surface area contributed by atoms with E-state index in [1.807, 2.05) is 13.1 Å². The van der Waals surface area contributed by atoms with Crippen LogP contribution in [0.2, 0.25) is 0 Å². The van der Waals surface area contributed by atoms with Crippen LogP contribution in [0.25, 0.3) is 0 Å². The zero-order valence-electron chi connectivity index (χ0n) is 9.11. The number of carbonyl (C=O) groups is 1. The van der Waals surface area contributed by atoms with E-state index in [1.54, 1.807) is 16.2 Å². The second-order valence-corrected chi connectivity index (χ2v) is 6.25. The number of rotatable bonds is 3. The fourth-order valence-electron chi connectivity index (χ4n) is 1.80. The van der Waals surface area contributed by atoms with Crippen molar-refractivity contribution in [2.75, 3.05) is 13.7 Å². The molecular formula is C11H14BrNO2S. The largest absolute Gasteiger partial charge is 0.368 e. The molecule has 0 bridgehead atoms. The number of ether oxygens (including phenoxy) is 1. The minimum atomic E-state index is -0.216. The summed E-state index contributed by atoms with van der Waals surface area (Å²) in [5, 5.41) is 2.06. The van der Waals surface area contributed by atoms with Crippen LogP contribution in [0.3, 0.4) is 0 Å². The van der Waals surface area contributed by atoms with Crippen molar-refractivity contribution in [2.24, 2.45) is 0 Å². The van der Waals surface area contributed by atoms with Crippen molar-refractivity contribution in [3.8, 4) is 0 Å². The van der Waals surface area contributed by atoms with E-state index < -0.39 is 0 Å². The molecule has 1 saturated heterocycles. The quantitative estimate of drug-likeness (QED) is 0.859. The number of nitrogens with zero attached hydrogens (tertiary/aromatic N) is 1. The van der Waals surface area contributed by atoms with Gasteiger partial charge in [0.1, 0.15) is 6.10 Å². The Kier molecular flexibility index (Phi) is 4.00. The molecule has 1 aromatic rings. The highest BCUT2D eigenvalue weighted by Crippen LogP contribution is 2.22. The highest BCUT2D eigenvalue weighted by atomic mass is 79.9. The van der Waals surface area contributed by atoms with Gasteiger partial charge in [-0.1, -0.05) is 0 Å². The number of thiophene rings is 1. The van der Waals surface area contributed by atoms with Gasteiger partial charge in [0.05, 0.1) is 3.79 Å². The molecule has 1 aliphatic rings. The first-order valence-corrected chi connectivity index (χ1v) is 6.93. The van der Waals surface area contributed by atoms with E-state index in [2.05, 4.69) is 21.3 Å². The molecule has 0 radical (unpaired) electrons. The number of likely N-dealkylation sites (N-methyl/N-ethyl adjacent to an activating group) is 1. The molecule has 88 valence electrons. The van der Waals surface area contributed by atoms with Crippen LogP contribution >= 0.6 is 27.3 Å². The van der Waals surface area contributed by atoms with Gasteiger partial charge in [-0.25, -0.2) is 0 Å². The van der Waals surface area contributed by atoms with Crippen LogP contribution in [0.15, 0.2) is 15.2 Å². The van der Waals surface area contributed by atoms with Crippen LogP contribution in [-0.4, -0.2) is 30.6 Å². The fraction of sp³-hybridized carbons (Fsp3) is 0.545. The molecule has 0 saturated carbocycles. The molecule has 1 aromatic heterocycles. The van der Waals surface area contributed by atoms with Crippen molar-refractivity contribution in [3.05, 3.63) is 20.8 Å².